The molecule has 0 amide bonds. The molecule has 0 aliphatic carbocycles. The van der Waals surface area contributed by atoms with Crippen LogP contribution in [-0.2, 0) is 0 Å². The Morgan fingerprint density at radius 3 is 2.35 bits per heavy atom. The molecule has 1 aromatic heterocycles. The van der Waals surface area contributed by atoms with Gasteiger partial charge in [-0.3, -0.25) is 10.1 Å². The lowest BCUT2D eigenvalue weighted by molar-refractivity contribution is -0.384. The molecular weight excluding hydrogens is 356 g/mol. The number of benzene rings is 2. The highest BCUT2D eigenvalue weighted by Crippen LogP contribution is 2.36. The maximum atomic E-state index is 10.9. The van der Waals surface area contributed by atoms with Crippen LogP contribution in [0.5, 0.6) is 17.2 Å². The molecule has 0 aliphatic heterocycles. The van der Waals surface area contributed by atoms with E-state index in [0.29, 0.717) is 22.8 Å². The van der Waals surface area contributed by atoms with E-state index in [1.165, 1.54) is 23.5 Å². The van der Waals surface area contributed by atoms with Crippen LogP contribution in [0.15, 0.2) is 30.3 Å². The number of fused-ring (bicyclic) bond motifs is 1. The molecule has 0 radical (unpaired) electrons. The monoisotopic (exact) mass is 372 g/mol. The van der Waals surface area contributed by atoms with Crippen molar-refractivity contribution in [3.63, 3.8) is 0 Å². The summed E-state index contributed by atoms with van der Waals surface area (Å²) in [5.74, 6) is 1.80. The first-order chi connectivity index (χ1) is 12.5. The van der Waals surface area contributed by atoms with E-state index in [1.54, 1.807) is 33.5 Å². The lowest BCUT2D eigenvalue weighted by Crippen LogP contribution is -1.94. The Hall–Kier alpha value is -3.13. The average Bonchev–Trinajstić information content (AvgIpc) is 3.07. The molecule has 0 unspecified atom stereocenters. The summed E-state index contributed by atoms with van der Waals surface area (Å²) in [6.45, 7) is 0. The number of hydrogen-bond acceptors (Lipinski definition) is 7. The number of methoxy groups -OCH3 is 3. The maximum Gasteiger partial charge on any atom is 0.271 e. The Bertz CT molecular complexity index is 997. The topological polar surface area (TPSA) is 83.7 Å². The van der Waals surface area contributed by atoms with Gasteiger partial charge in [0.15, 0.2) is 11.5 Å². The van der Waals surface area contributed by atoms with Crippen LogP contribution >= 0.6 is 11.3 Å². The molecule has 0 saturated carbocycles. The van der Waals surface area contributed by atoms with Gasteiger partial charge in [0, 0.05) is 23.8 Å². The summed E-state index contributed by atoms with van der Waals surface area (Å²) in [6.07, 6.45) is 3.69. The van der Waals surface area contributed by atoms with Crippen molar-refractivity contribution in [1.82, 2.24) is 4.98 Å². The quantitative estimate of drug-likeness (QED) is 0.471. The first kappa shape index (κ1) is 17.7. The van der Waals surface area contributed by atoms with Crippen LogP contribution < -0.4 is 14.2 Å². The predicted molar refractivity (Wildman–Crippen MR) is 101 cm³/mol. The molecule has 0 fully saturated rings. The van der Waals surface area contributed by atoms with Crippen molar-refractivity contribution in [2.75, 3.05) is 21.3 Å². The summed E-state index contributed by atoms with van der Waals surface area (Å²) in [4.78, 5) is 14.9. The van der Waals surface area contributed by atoms with Gasteiger partial charge in [0.2, 0.25) is 0 Å². The summed E-state index contributed by atoms with van der Waals surface area (Å²) in [7, 11) is 4.71. The van der Waals surface area contributed by atoms with E-state index in [0.717, 1.165) is 15.3 Å². The molecule has 134 valence electrons. The lowest BCUT2D eigenvalue weighted by atomic mass is 10.1. The van der Waals surface area contributed by atoms with Gasteiger partial charge in [-0.15, -0.1) is 11.3 Å². The molecule has 8 heteroatoms. The van der Waals surface area contributed by atoms with E-state index in [9.17, 15) is 10.1 Å². The SMILES string of the molecule is COc1cc(OC)c(OC)cc1C=Cc1nc2cc([N+](=O)[O-])ccc2s1. The summed E-state index contributed by atoms with van der Waals surface area (Å²) in [6, 6.07) is 8.22. The van der Waals surface area contributed by atoms with Gasteiger partial charge < -0.3 is 14.2 Å². The number of rotatable bonds is 6. The molecule has 0 aliphatic rings. The molecule has 0 bridgehead atoms. The second-order valence-corrected chi connectivity index (χ2v) is 6.31. The number of nitro benzene ring substituents is 1. The fraction of sp³-hybridized carbons (Fsp3) is 0.167. The molecule has 7 nitrogen and oxygen atoms in total. The van der Waals surface area contributed by atoms with Crippen molar-refractivity contribution in [1.29, 1.82) is 0 Å². The molecule has 0 N–H and O–H groups in total. The minimum atomic E-state index is -0.428. The van der Waals surface area contributed by atoms with Crippen molar-refractivity contribution in [2.45, 2.75) is 0 Å². The Kier molecular flexibility index (Phi) is 5.04. The summed E-state index contributed by atoms with van der Waals surface area (Å²) in [5, 5.41) is 11.6. The first-order valence-corrected chi connectivity index (χ1v) is 8.40. The Morgan fingerprint density at radius 2 is 1.69 bits per heavy atom. The molecule has 0 atom stereocenters. The summed E-state index contributed by atoms with van der Waals surface area (Å²) < 4.78 is 16.9. The number of non-ortho nitro benzene ring substituents is 1. The number of aromatic nitrogens is 1. The van der Waals surface area contributed by atoms with Gasteiger partial charge in [0.1, 0.15) is 10.8 Å². The van der Waals surface area contributed by atoms with Gasteiger partial charge in [-0.25, -0.2) is 4.98 Å². The Morgan fingerprint density at radius 1 is 1.00 bits per heavy atom. The average molecular weight is 372 g/mol. The fourth-order valence-corrected chi connectivity index (χ4v) is 3.31. The van der Waals surface area contributed by atoms with E-state index in [1.807, 2.05) is 18.2 Å². The Labute approximate surface area is 153 Å². The van der Waals surface area contributed by atoms with Crippen LogP contribution in [0.2, 0.25) is 0 Å². The van der Waals surface area contributed by atoms with Gasteiger partial charge in [-0.1, -0.05) is 0 Å². The fourth-order valence-electron chi connectivity index (χ4n) is 2.46. The molecule has 2 aromatic carbocycles. The zero-order valence-corrected chi connectivity index (χ0v) is 15.2. The molecule has 3 aromatic rings. The van der Waals surface area contributed by atoms with E-state index in [-0.39, 0.29) is 5.69 Å². The number of nitro groups is 1. The van der Waals surface area contributed by atoms with E-state index < -0.39 is 4.92 Å². The lowest BCUT2D eigenvalue weighted by Gasteiger charge is -2.11. The molecular formula is C18H16N2O5S. The zero-order chi connectivity index (χ0) is 18.7. The maximum absolute atomic E-state index is 10.9. The van der Waals surface area contributed by atoms with Crippen LogP contribution in [0.25, 0.3) is 22.4 Å². The second-order valence-electron chi connectivity index (χ2n) is 5.24. The first-order valence-electron chi connectivity index (χ1n) is 7.58. The van der Waals surface area contributed by atoms with Crippen molar-refractivity contribution < 1.29 is 19.1 Å². The van der Waals surface area contributed by atoms with Crippen LogP contribution in [0.4, 0.5) is 5.69 Å². The molecule has 26 heavy (non-hydrogen) atoms. The largest absolute Gasteiger partial charge is 0.496 e. The third-order valence-corrected chi connectivity index (χ3v) is 4.74. The van der Waals surface area contributed by atoms with Gasteiger partial charge >= 0.3 is 0 Å². The standard InChI is InChI=1S/C18H16N2O5S/c1-23-14-10-16(25-3)15(24-2)8-11(14)4-7-18-19-13-9-12(20(21)22)5-6-17(13)26-18/h4-10H,1-3H3. The van der Waals surface area contributed by atoms with Gasteiger partial charge in [-0.2, -0.15) is 0 Å². The minimum Gasteiger partial charge on any atom is -0.496 e. The zero-order valence-electron chi connectivity index (χ0n) is 14.4. The summed E-state index contributed by atoms with van der Waals surface area (Å²) in [5.41, 5.74) is 1.43. The van der Waals surface area contributed by atoms with Crippen LogP contribution in [0, 0.1) is 10.1 Å². The van der Waals surface area contributed by atoms with Crippen LogP contribution in [0.1, 0.15) is 10.6 Å². The number of ether oxygens (including phenoxy) is 3. The van der Waals surface area contributed by atoms with E-state index in [2.05, 4.69) is 4.98 Å². The Balaban J connectivity index is 1.96. The van der Waals surface area contributed by atoms with Crippen molar-refractivity contribution in [3.8, 4) is 17.2 Å². The molecule has 0 spiro atoms. The minimum absolute atomic E-state index is 0.0277. The highest BCUT2D eigenvalue weighted by molar-refractivity contribution is 7.19. The van der Waals surface area contributed by atoms with Gasteiger partial charge in [0.25, 0.3) is 5.69 Å². The number of thiazole rings is 1. The molecule has 3 rings (SSSR count). The van der Waals surface area contributed by atoms with Gasteiger partial charge in [-0.05, 0) is 24.3 Å². The summed E-state index contributed by atoms with van der Waals surface area (Å²) >= 11 is 1.45. The highest BCUT2D eigenvalue weighted by atomic mass is 32.1. The van der Waals surface area contributed by atoms with Crippen molar-refractivity contribution in [3.05, 3.63) is 51.0 Å². The van der Waals surface area contributed by atoms with E-state index in [4.69, 9.17) is 14.2 Å². The normalized spacial score (nSPS) is 11.0. The molecule has 1 heterocycles. The highest BCUT2D eigenvalue weighted by Gasteiger charge is 2.11. The van der Waals surface area contributed by atoms with E-state index >= 15 is 0 Å². The van der Waals surface area contributed by atoms with Crippen molar-refractivity contribution >= 4 is 39.4 Å². The second kappa shape index (κ2) is 7.40. The molecule has 0 saturated heterocycles. The van der Waals surface area contributed by atoms with Crippen molar-refractivity contribution in [2.24, 2.45) is 0 Å². The third kappa shape index (κ3) is 3.45. The number of nitrogens with zero attached hydrogens (tertiary/aromatic N) is 2. The smallest absolute Gasteiger partial charge is 0.271 e. The van der Waals surface area contributed by atoms with Gasteiger partial charge in [0.05, 0.1) is 36.5 Å². The number of hydrogen-bond donors (Lipinski definition) is 0. The third-order valence-electron chi connectivity index (χ3n) is 3.74. The van der Waals surface area contributed by atoms with Crippen LogP contribution in [-0.4, -0.2) is 31.2 Å². The van der Waals surface area contributed by atoms with Crippen LogP contribution in [0.3, 0.4) is 0 Å². The predicted octanol–water partition coefficient (Wildman–Crippen LogP) is 4.40.